The molecule has 0 aliphatic rings. The number of benzene rings is 2. The predicted molar refractivity (Wildman–Crippen MR) is 111 cm³/mol. The van der Waals surface area contributed by atoms with Crippen LogP contribution in [0.1, 0.15) is 17.7 Å². The van der Waals surface area contributed by atoms with Crippen molar-refractivity contribution in [2.75, 3.05) is 0 Å². The van der Waals surface area contributed by atoms with Gasteiger partial charge in [0.15, 0.2) is 5.16 Å². The molecule has 27 heavy (non-hydrogen) atoms. The predicted octanol–water partition coefficient (Wildman–Crippen LogP) is 5.07. The summed E-state index contributed by atoms with van der Waals surface area (Å²) < 4.78 is 0. The van der Waals surface area contributed by atoms with E-state index in [0.717, 1.165) is 16.7 Å². The zero-order chi connectivity index (χ0) is 18.8. The number of hydrogen-bond acceptors (Lipinski definition) is 5. The summed E-state index contributed by atoms with van der Waals surface area (Å²) in [4.78, 5) is 33.0. The first kappa shape index (κ1) is 17.7. The van der Waals surface area contributed by atoms with E-state index in [1.54, 1.807) is 6.92 Å². The lowest BCUT2D eigenvalue weighted by Crippen LogP contribution is -2.11. The molecule has 2 aromatic carbocycles. The minimum absolute atomic E-state index is 0.0186. The number of thiophene rings is 1. The zero-order valence-corrected chi connectivity index (χ0v) is 16.1. The van der Waals surface area contributed by atoms with E-state index in [-0.39, 0.29) is 11.3 Å². The van der Waals surface area contributed by atoms with Gasteiger partial charge in [0.2, 0.25) is 0 Å². The highest BCUT2D eigenvalue weighted by molar-refractivity contribution is 8.00. The number of Topliss-reactive ketones (excluding diaryl/α,β-unsaturated/α-hetero) is 1. The van der Waals surface area contributed by atoms with E-state index in [1.165, 1.54) is 23.1 Å². The van der Waals surface area contributed by atoms with Gasteiger partial charge >= 0.3 is 0 Å². The molecule has 4 nitrogen and oxygen atoms in total. The first-order valence-corrected chi connectivity index (χ1v) is 10.2. The van der Waals surface area contributed by atoms with E-state index >= 15 is 0 Å². The summed E-state index contributed by atoms with van der Waals surface area (Å²) in [6.45, 7) is 1.56. The Morgan fingerprint density at radius 3 is 2.41 bits per heavy atom. The summed E-state index contributed by atoms with van der Waals surface area (Å²) in [5, 5.41) is 2.60. The SMILES string of the molecule is CC(=O)[C@@H](Sc1nc2scc(-c3ccccc3)c2c(=O)[nH]1)c1ccccc1. The number of thioether (sulfide) groups is 1. The first-order chi connectivity index (χ1) is 13.1. The molecule has 0 fully saturated rings. The van der Waals surface area contributed by atoms with Gasteiger partial charge < -0.3 is 4.98 Å². The minimum Gasteiger partial charge on any atom is -0.301 e. The summed E-state index contributed by atoms with van der Waals surface area (Å²) in [7, 11) is 0. The molecule has 0 unspecified atom stereocenters. The molecule has 0 saturated carbocycles. The molecule has 2 heterocycles. The molecule has 0 saturated heterocycles. The molecule has 6 heteroatoms. The number of nitrogens with zero attached hydrogens (tertiary/aromatic N) is 1. The molecule has 0 amide bonds. The Hall–Kier alpha value is -2.70. The quantitative estimate of drug-likeness (QED) is 0.380. The van der Waals surface area contributed by atoms with Crippen molar-refractivity contribution >= 4 is 39.1 Å². The third kappa shape index (κ3) is 3.59. The number of carbonyl (C=O) groups is 1. The molecule has 0 bridgehead atoms. The Morgan fingerprint density at radius 2 is 1.74 bits per heavy atom. The van der Waals surface area contributed by atoms with Crippen molar-refractivity contribution in [1.29, 1.82) is 0 Å². The van der Waals surface area contributed by atoms with Gasteiger partial charge in [-0.3, -0.25) is 9.59 Å². The van der Waals surface area contributed by atoms with Crippen LogP contribution in [0.15, 0.2) is 76.0 Å². The second-order valence-electron chi connectivity index (χ2n) is 6.09. The van der Waals surface area contributed by atoms with Gasteiger partial charge in [-0.05, 0) is 18.1 Å². The number of nitrogens with one attached hydrogen (secondary N) is 1. The number of H-pyrrole nitrogens is 1. The van der Waals surface area contributed by atoms with Crippen LogP contribution in [-0.2, 0) is 4.79 Å². The average Bonchev–Trinajstić information content (AvgIpc) is 3.12. The highest BCUT2D eigenvalue weighted by atomic mass is 32.2. The molecule has 0 spiro atoms. The first-order valence-electron chi connectivity index (χ1n) is 8.42. The molecular weight excluding hydrogens is 376 g/mol. The topological polar surface area (TPSA) is 62.8 Å². The lowest BCUT2D eigenvalue weighted by Gasteiger charge is -2.13. The van der Waals surface area contributed by atoms with E-state index in [1.807, 2.05) is 66.0 Å². The summed E-state index contributed by atoms with van der Waals surface area (Å²) >= 11 is 2.71. The van der Waals surface area contributed by atoms with E-state index in [9.17, 15) is 9.59 Å². The fourth-order valence-corrected chi connectivity index (χ4v) is 4.92. The standard InChI is InChI=1S/C21H16N2O2S2/c1-13(24)18(15-10-6-3-7-11-15)27-21-22-19(25)17-16(12-26-20(17)23-21)14-8-4-2-5-9-14/h2-12,18H,1H3,(H,22,23,25)/t18-/m1/s1. The Balaban J connectivity index is 1.74. The number of aromatic amines is 1. The Bertz CT molecular complexity index is 1150. The summed E-state index contributed by atoms with van der Waals surface area (Å²) in [6, 6.07) is 19.3. The fourth-order valence-electron chi connectivity index (χ4n) is 2.94. The van der Waals surface area contributed by atoms with Crippen LogP contribution in [0.2, 0.25) is 0 Å². The van der Waals surface area contributed by atoms with Crippen molar-refractivity contribution in [1.82, 2.24) is 9.97 Å². The molecule has 1 atom stereocenters. The number of rotatable bonds is 5. The number of ketones is 1. The van der Waals surface area contributed by atoms with Gasteiger partial charge in [-0.2, -0.15) is 0 Å². The highest BCUT2D eigenvalue weighted by Gasteiger charge is 2.21. The minimum atomic E-state index is -0.402. The highest BCUT2D eigenvalue weighted by Crippen LogP contribution is 2.36. The molecule has 0 aliphatic carbocycles. The third-order valence-electron chi connectivity index (χ3n) is 4.21. The monoisotopic (exact) mass is 392 g/mol. The van der Waals surface area contributed by atoms with Crippen LogP contribution in [0.25, 0.3) is 21.3 Å². The molecule has 2 aromatic heterocycles. The number of hydrogen-bond donors (Lipinski definition) is 1. The van der Waals surface area contributed by atoms with Gasteiger partial charge in [-0.25, -0.2) is 4.98 Å². The molecule has 4 aromatic rings. The maximum atomic E-state index is 12.8. The Morgan fingerprint density at radius 1 is 1.07 bits per heavy atom. The lowest BCUT2D eigenvalue weighted by atomic mass is 10.1. The number of carbonyl (C=O) groups excluding carboxylic acids is 1. The van der Waals surface area contributed by atoms with E-state index < -0.39 is 5.25 Å². The molecule has 1 N–H and O–H groups in total. The van der Waals surface area contributed by atoms with Crippen molar-refractivity contribution in [2.45, 2.75) is 17.3 Å². The maximum absolute atomic E-state index is 12.8. The number of fused-ring (bicyclic) bond motifs is 1. The van der Waals surface area contributed by atoms with Crippen LogP contribution in [0, 0.1) is 0 Å². The van der Waals surface area contributed by atoms with Crippen LogP contribution in [0.5, 0.6) is 0 Å². The van der Waals surface area contributed by atoms with E-state index in [0.29, 0.717) is 15.4 Å². The molecule has 0 aliphatic heterocycles. The largest absolute Gasteiger partial charge is 0.301 e. The van der Waals surface area contributed by atoms with Crippen molar-refractivity contribution in [3.05, 3.63) is 82.0 Å². The normalized spacial score (nSPS) is 12.2. The van der Waals surface area contributed by atoms with Gasteiger partial charge in [-0.1, -0.05) is 72.4 Å². The van der Waals surface area contributed by atoms with Crippen molar-refractivity contribution in [2.24, 2.45) is 0 Å². The smallest absolute Gasteiger partial charge is 0.260 e. The Labute approximate surface area is 164 Å². The van der Waals surface area contributed by atoms with Crippen LogP contribution in [0.3, 0.4) is 0 Å². The molecular formula is C21H16N2O2S2. The van der Waals surface area contributed by atoms with Crippen LogP contribution in [-0.4, -0.2) is 15.8 Å². The summed E-state index contributed by atoms with van der Waals surface area (Å²) in [6.07, 6.45) is 0. The van der Waals surface area contributed by atoms with Gasteiger partial charge in [0.1, 0.15) is 10.6 Å². The van der Waals surface area contributed by atoms with E-state index in [4.69, 9.17) is 0 Å². The van der Waals surface area contributed by atoms with Gasteiger partial charge in [0, 0.05) is 10.9 Å². The van der Waals surface area contributed by atoms with E-state index in [2.05, 4.69) is 9.97 Å². The molecule has 4 rings (SSSR count). The van der Waals surface area contributed by atoms with Gasteiger partial charge in [0.05, 0.1) is 10.6 Å². The Kier molecular flexibility index (Phi) is 4.92. The summed E-state index contributed by atoms with van der Waals surface area (Å²) in [5.74, 6) is 0.0186. The average molecular weight is 393 g/mol. The lowest BCUT2D eigenvalue weighted by molar-refractivity contribution is -0.116. The van der Waals surface area contributed by atoms with Crippen molar-refractivity contribution < 1.29 is 4.79 Å². The van der Waals surface area contributed by atoms with Crippen molar-refractivity contribution in [3.8, 4) is 11.1 Å². The van der Waals surface area contributed by atoms with Crippen LogP contribution < -0.4 is 5.56 Å². The van der Waals surface area contributed by atoms with Crippen molar-refractivity contribution in [3.63, 3.8) is 0 Å². The second-order valence-corrected chi connectivity index (χ2v) is 8.04. The van der Waals surface area contributed by atoms with Crippen LogP contribution >= 0.6 is 23.1 Å². The third-order valence-corrected chi connectivity index (χ3v) is 6.34. The van der Waals surface area contributed by atoms with Crippen LogP contribution in [0.4, 0.5) is 0 Å². The zero-order valence-electron chi connectivity index (χ0n) is 14.5. The number of aromatic nitrogens is 2. The molecule has 134 valence electrons. The van der Waals surface area contributed by atoms with Gasteiger partial charge in [-0.15, -0.1) is 11.3 Å². The fraction of sp³-hybridized carbons (Fsp3) is 0.0952. The molecule has 0 radical (unpaired) electrons. The summed E-state index contributed by atoms with van der Waals surface area (Å²) in [5.41, 5.74) is 2.58. The van der Waals surface area contributed by atoms with Gasteiger partial charge in [0.25, 0.3) is 5.56 Å². The maximum Gasteiger partial charge on any atom is 0.260 e. The second kappa shape index (κ2) is 7.50.